The first-order valence-electron chi connectivity index (χ1n) is 19.4. The summed E-state index contributed by atoms with van der Waals surface area (Å²) in [4.78, 5) is 107. The topological polar surface area (TPSA) is 312 Å². The number of nitrogens with zero attached hydrogens (tertiary/aromatic N) is 3. The second-order valence-electron chi connectivity index (χ2n) is 14.8. The lowest BCUT2D eigenvalue weighted by molar-refractivity contribution is -0.143. The predicted octanol–water partition coefficient (Wildman–Crippen LogP) is 0.917. The number of carboxylic acids is 5. The van der Waals surface area contributed by atoms with Crippen LogP contribution in [0.2, 0.25) is 0 Å². The van der Waals surface area contributed by atoms with E-state index in [4.69, 9.17) is 0 Å². The van der Waals surface area contributed by atoms with Crippen molar-refractivity contribution in [2.24, 2.45) is 11.8 Å². The Bertz CT molecular complexity index is 1750. The number of hydrogen-bond donors (Lipinski definition) is 9. The molecule has 21 heteroatoms. The molecular weight excluding hydrogens is 809 g/mol. The zero-order valence-corrected chi connectivity index (χ0v) is 33.9. The Hall–Kier alpha value is -5.24. The van der Waals surface area contributed by atoms with Gasteiger partial charge in [-0.3, -0.25) is 48.0 Å². The van der Waals surface area contributed by atoms with Gasteiger partial charge in [0, 0.05) is 51.5 Å². The van der Waals surface area contributed by atoms with Crippen LogP contribution in [0.4, 0.5) is 0 Å². The van der Waals surface area contributed by atoms with Gasteiger partial charge in [0.15, 0.2) is 0 Å². The fourth-order valence-corrected chi connectivity index (χ4v) is 8.25. The van der Waals surface area contributed by atoms with E-state index in [-0.39, 0.29) is 57.4 Å². The molecule has 0 radical (unpaired) electrons. The highest BCUT2D eigenvalue weighted by atomic mass is 31.2. The Morgan fingerprint density at radius 2 is 1.15 bits per heavy atom. The third-order valence-electron chi connectivity index (χ3n) is 10.2. The van der Waals surface area contributed by atoms with Crippen LogP contribution in [-0.2, 0) is 44.5 Å². The number of hydrogen-bond acceptors (Lipinski definition) is 11. The highest BCUT2D eigenvalue weighted by Crippen LogP contribution is 2.45. The first kappa shape index (κ1) is 49.1. The Balaban J connectivity index is 1.56. The Labute approximate surface area is 346 Å². The molecule has 0 saturated heterocycles. The van der Waals surface area contributed by atoms with Crippen LogP contribution in [-0.4, -0.2) is 162 Å². The van der Waals surface area contributed by atoms with Crippen molar-refractivity contribution in [3.8, 4) is 11.1 Å². The van der Waals surface area contributed by atoms with Gasteiger partial charge in [0.2, 0.25) is 11.8 Å². The fraction of sp³-hybridized carbons (Fsp3) is 0.513. The van der Waals surface area contributed by atoms with Crippen molar-refractivity contribution >= 4 is 49.3 Å². The van der Waals surface area contributed by atoms with Gasteiger partial charge in [-0.2, -0.15) is 0 Å². The van der Waals surface area contributed by atoms with Gasteiger partial charge in [-0.05, 0) is 54.7 Å². The van der Waals surface area contributed by atoms with Crippen LogP contribution < -0.4 is 10.6 Å². The molecule has 0 spiro atoms. The van der Waals surface area contributed by atoms with E-state index in [1.807, 2.05) is 54.6 Å². The van der Waals surface area contributed by atoms with E-state index in [1.165, 1.54) is 4.90 Å². The van der Waals surface area contributed by atoms with Crippen LogP contribution in [0.5, 0.6) is 0 Å². The summed E-state index contributed by atoms with van der Waals surface area (Å²) < 4.78 is 12.8. The van der Waals surface area contributed by atoms with Crippen molar-refractivity contribution in [2.75, 3.05) is 58.9 Å². The normalized spacial score (nSPS) is 16.6. The van der Waals surface area contributed by atoms with E-state index in [0.29, 0.717) is 25.7 Å². The zero-order valence-electron chi connectivity index (χ0n) is 33.0. The van der Waals surface area contributed by atoms with Gasteiger partial charge < -0.3 is 46.0 Å². The minimum atomic E-state index is -5.06. The predicted molar refractivity (Wildman–Crippen MR) is 214 cm³/mol. The Morgan fingerprint density at radius 3 is 1.60 bits per heavy atom. The molecule has 20 nitrogen and oxygen atoms in total. The van der Waals surface area contributed by atoms with Crippen LogP contribution in [0.15, 0.2) is 54.6 Å². The standard InChI is InChI=1S/C39H54N5O15P/c45-32(14-15-33(60(57,58)59)44(18-16-42(22-34(46)47)23-35(48)49)19-17-43(24-36(50)51)25-37(52)53)40-21-27-8-12-30(13-9-27)38(54)41-31(39(55)56)20-26-6-10-29(11-7-26)28-4-2-1-3-5-28/h1-7,10-11,27,30-31,33H,8-9,12-25H2,(H,40,45)(H,41,54)(H,46,47)(H,48,49)(H,50,51)(H,52,53)(H,55,56)(H2,57,58,59)/t27-,30-,31?,33?. The van der Waals surface area contributed by atoms with Gasteiger partial charge >= 0.3 is 37.4 Å². The Morgan fingerprint density at radius 1 is 0.667 bits per heavy atom. The minimum Gasteiger partial charge on any atom is -0.480 e. The molecule has 3 rings (SSSR count). The van der Waals surface area contributed by atoms with Crippen molar-refractivity contribution in [3.63, 3.8) is 0 Å². The number of rotatable bonds is 27. The van der Waals surface area contributed by atoms with E-state index < -0.39 is 93.7 Å². The van der Waals surface area contributed by atoms with Gasteiger partial charge in [-0.1, -0.05) is 54.6 Å². The number of nitrogens with one attached hydrogen (secondary N) is 2. The Kier molecular flexibility index (Phi) is 19.8. The molecule has 1 aliphatic rings. The number of carbonyl (C=O) groups excluding carboxylic acids is 2. The molecule has 0 aromatic heterocycles. The summed E-state index contributed by atoms with van der Waals surface area (Å²) in [7, 11) is -5.06. The maximum atomic E-state index is 13.1. The second-order valence-corrected chi connectivity index (χ2v) is 16.6. The molecule has 60 heavy (non-hydrogen) atoms. The fourth-order valence-electron chi connectivity index (χ4n) is 7.13. The molecule has 9 N–H and O–H groups in total. The maximum absolute atomic E-state index is 13.1. The molecule has 0 bridgehead atoms. The molecule has 2 aromatic carbocycles. The molecule has 1 fully saturated rings. The van der Waals surface area contributed by atoms with Crippen molar-refractivity contribution in [1.82, 2.24) is 25.3 Å². The van der Waals surface area contributed by atoms with E-state index in [2.05, 4.69) is 10.6 Å². The summed E-state index contributed by atoms with van der Waals surface area (Å²) in [5.74, 6) is -9.65. The van der Waals surface area contributed by atoms with E-state index in [1.54, 1.807) is 0 Å². The van der Waals surface area contributed by atoms with E-state index >= 15 is 0 Å². The zero-order chi connectivity index (χ0) is 44.4. The SMILES string of the molecule is O=C(O)CN(CCN(CCN(CC(=O)O)CC(=O)O)C(CCC(=O)NC[C@H]1CC[C@H](C(=O)NC(Cc2ccc(-c3ccccc3)cc2)C(=O)O)CC1)P(=O)(O)O)CC(=O)O. The average molecular weight is 864 g/mol. The average Bonchev–Trinajstić information content (AvgIpc) is 3.16. The number of benzene rings is 2. The van der Waals surface area contributed by atoms with Crippen LogP contribution in [0.3, 0.4) is 0 Å². The molecule has 0 aliphatic heterocycles. The third kappa shape index (κ3) is 17.9. The number of carbonyl (C=O) groups is 7. The molecule has 1 saturated carbocycles. The van der Waals surface area contributed by atoms with Gasteiger partial charge in [0.05, 0.1) is 26.2 Å². The second kappa shape index (κ2) is 24.1. The molecule has 2 amide bonds. The molecule has 330 valence electrons. The van der Waals surface area contributed by atoms with Crippen LogP contribution in [0, 0.1) is 11.8 Å². The van der Waals surface area contributed by atoms with Gasteiger partial charge in [0.1, 0.15) is 11.8 Å². The molecule has 2 atom stereocenters. The highest BCUT2D eigenvalue weighted by molar-refractivity contribution is 7.52. The first-order valence-corrected chi connectivity index (χ1v) is 21.0. The minimum absolute atomic E-state index is 0.0330. The summed E-state index contributed by atoms with van der Waals surface area (Å²) in [5, 5.41) is 52.2. The monoisotopic (exact) mass is 863 g/mol. The lowest BCUT2D eigenvalue weighted by Gasteiger charge is -2.34. The molecule has 2 unspecified atom stereocenters. The highest BCUT2D eigenvalue weighted by Gasteiger charge is 2.36. The summed E-state index contributed by atoms with van der Waals surface area (Å²) in [6, 6.07) is 16.0. The number of aliphatic carboxylic acids is 5. The van der Waals surface area contributed by atoms with Crippen LogP contribution in [0.1, 0.15) is 44.1 Å². The van der Waals surface area contributed by atoms with Crippen molar-refractivity contribution in [3.05, 3.63) is 60.2 Å². The van der Waals surface area contributed by atoms with Crippen molar-refractivity contribution < 1.29 is 73.4 Å². The van der Waals surface area contributed by atoms with Crippen LogP contribution in [0.25, 0.3) is 11.1 Å². The van der Waals surface area contributed by atoms with Gasteiger partial charge in [-0.15, -0.1) is 0 Å². The first-order chi connectivity index (χ1) is 28.3. The molecule has 0 heterocycles. The number of carboxylic acid groups (broad SMARTS) is 5. The van der Waals surface area contributed by atoms with E-state index in [9.17, 15) is 73.4 Å². The summed E-state index contributed by atoms with van der Waals surface area (Å²) >= 11 is 0. The lowest BCUT2D eigenvalue weighted by Crippen LogP contribution is -2.47. The van der Waals surface area contributed by atoms with Gasteiger partial charge in [0.25, 0.3) is 0 Å². The molecular formula is C39H54N5O15P. The molecule has 2 aromatic rings. The van der Waals surface area contributed by atoms with Crippen molar-refractivity contribution in [1.29, 1.82) is 0 Å². The van der Waals surface area contributed by atoms with Gasteiger partial charge in [-0.25, -0.2) is 4.79 Å². The summed E-state index contributed by atoms with van der Waals surface area (Å²) in [6.07, 6.45) is 1.28. The third-order valence-corrected chi connectivity index (χ3v) is 11.6. The molecule has 1 aliphatic carbocycles. The smallest absolute Gasteiger partial charge is 0.342 e. The lowest BCUT2D eigenvalue weighted by atomic mass is 9.81. The maximum Gasteiger partial charge on any atom is 0.342 e. The largest absolute Gasteiger partial charge is 0.480 e. The van der Waals surface area contributed by atoms with Crippen LogP contribution >= 0.6 is 7.60 Å². The quantitative estimate of drug-likeness (QED) is 0.0564. The van der Waals surface area contributed by atoms with Crippen molar-refractivity contribution in [2.45, 2.75) is 56.8 Å². The number of amides is 2. The van der Waals surface area contributed by atoms with E-state index in [0.717, 1.165) is 26.5 Å². The summed E-state index contributed by atoms with van der Waals surface area (Å²) in [5.41, 5.74) is 2.74. The summed E-state index contributed by atoms with van der Waals surface area (Å²) in [6.45, 7) is -3.91.